The summed E-state index contributed by atoms with van der Waals surface area (Å²) < 4.78 is 11.1. The summed E-state index contributed by atoms with van der Waals surface area (Å²) in [5.41, 5.74) is 4.27. The number of anilines is 2. The molecule has 5 rings (SSSR count). The monoisotopic (exact) mass is 548 g/mol. The average molecular weight is 549 g/mol. The normalized spacial score (nSPS) is 11.9. The SMILES string of the molecule is CCOC(=O)C=CC(=O)Nc1ccc(-c2c(-c3ccccc3)oc3ncnc(NC(CO)c4ccccc4)c23)cc1. The Balaban J connectivity index is 1.53. The molecule has 1 amide bonds. The number of amides is 1. The van der Waals surface area contributed by atoms with Crippen LogP contribution in [0.3, 0.4) is 0 Å². The molecule has 9 heteroatoms. The summed E-state index contributed by atoms with van der Waals surface area (Å²) in [6.45, 7) is 1.78. The molecule has 3 aromatic carbocycles. The molecule has 2 aromatic heterocycles. The Morgan fingerprint density at radius 1 is 0.927 bits per heavy atom. The van der Waals surface area contributed by atoms with E-state index in [4.69, 9.17) is 9.15 Å². The number of fused-ring (bicyclic) bond motifs is 1. The van der Waals surface area contributed by atoms with Crippen molar-refractivity contribution in [3.8, 4) is 22.5 Å². The van der Waals surface area contributed by atoms with Crippen LogP contribution in [0.15, 0.2) is 108 Å². The quantitative estimate of drug-likeness (QED) is 0.149. The fourth-order valence-electron chi connectivity index (χ4n) is 4.43. The van der Waals surface area contributed by atoms with E-state index in [2.05, 4.69) is 20.6 Å². The maximum Gasteiger partial charge on any atom is 0.330 e. The molecule has 0 saturated heterocycles. The maximum absolute atomic E-state index is 12.3. The minimum absolute atomic E-state index is 0.146. The van der Waals surface area contributed by atoms with Crippen LogP contribution in [-0.4, -0.2) is 40.2 Å². The summed E-state index contributed by atoms with van der Waals surface area (Å²) in [5.74, 6) is 0.0832. The van der Waals surface area contributed by atoms with Crippen molar-refractivity contribution in [3.05, 3.63) is 109 Å². The van der Waals surface area contributed by atoms with Gasteiger partial charge >= 0.3 is 5.97 Å². The zero-order valence-electron chi connectivity index (χ0n) is 22.3. The van der Waals surface area contributed by atoms with E-state index in [1.165, 1.54) is 6.33 Å². The molecule has 2 heterocycles. The lowest BCUT2D eigenvalue weighted by atomic mass is 9.98. The molecule has 0 aliphatic rings. The molecular weight excluding hydrogens is 520 g/mol. The highest BCUT2D eigenvalue weighted by Crippen LogP contribution is 2.43. The van der Waals surface area contributed by atoms with Crippen LogP contribution in [0, 0.1) is 0 Å². The van der Waals surface area contributed by atoms with Crippen LogP contribution in [0.5, 0.6) is 0 Å². The Morgan fingerprint density at radius 2 is 1.63 bits per heavy atom. The van der Waals surface area contributed by atoms with Crippen LogP contribution < -0.4 is 10.6 Å². The first-order valence-electron chi connectivity index (χ1n) is 13.1. The van der Waals surface area contributed by atoms with Crippen LogP contribution in [0.2, 0.25) is 0 Å². The van der Waals surface area contributed by atoms with Crippen molar-refractivity contribution in [3.63, 3.8) is 0 Å². The molecule has 1 unspecified atom stereocenters. The Kier molecular flexibility index (Phi) is 8.46. The van der Waals surface area contributed by atoms with Crippen LogP contribution in [0.4, 0.5) is 11.5 Å². The zero-order valence-corrected chi connectivity index (χ0v) is 22.3. The van der Waals surface area contributed by atoms with Crippen molar-refractivity contribution in [2.75, 3.05) is 23.8 Å². The van der Waals surface area contributed by atoms with Gasteiger partial charge in [-0.2, -0.15) is 0 Å². The number of aromatic nitrogens is 2. The van der Waals surface area contributed by atoms with Gasteiger partial charge in [0.2, 0.25) is 11.6 Å². The smallest absolute Gasteiger partial charge is 0.330 e. The first-order valence-corrected chi connectivity index (χ1v) is 13.1. The molecule has 0 radical (unpaired) electrons. The van der Waals surface area contributed by atoms with Crippen molar-refractivity contribution in [1.29, 1.82) is 0 Å². The number of aliphatic hydroxyl groups is 1. The van der Waals surface area contributed by atoms with E-state index in [0.29, 0.717) is 28.4 Å². The van der Waals surface area contributed by atoms with Crippen LogP contribution in [-0.2, 0) is 14.3 Å². The Bertz CT molecular complexity index is 1670. The predicted octanol–water partition coefficient (Wildman–Crippen LogP) is 5.76. The van der Waals surface area contributed by atoms with Gasteiger partial charge in [-0.1, -0.05) is 72.8 Å². The highest BCUT2D eigenvalue weighted by molar-refractivity contribution is 6.06. The van der Waals surface area contributed by atoms with Crippen molar-refractivity contribution in [2.45, 2.75) is 13.0 Å². The van der Waals surface area contributed by atoms with Crippen molar-refractivity contribution < 1.29 is 23.8 Å². The number of ether oxygens (including phenoxy) is 1. The minimum Gasteiger partial charge on any atom is -0.463 e. The third-order valence-electron chi connectivity index (χ3n) is 6.32. The fourth-order valence-corrected chi connectivity index (χ4v) is 4.43. The van der Waals surface area contributed by atoms with Gasteiger partial charge in [-0.3, -0.25) is 4.79 Å². The zero-order chi connectivity index (χ0) is 28.6. The van der Waals surface area contributed by atoms with Gasteiger partial charge in [-0.25, -0.2) is 14.8 Å². The standard InChI is InChI=1S/C32H28N4O5/c1-2-40-27(39)18-17-26(38)35-24-15-13-22(14-16-24)28-29-31(36-25(19-37)21-9-5-3-6-10-21)33-20-34-32(29)41-30(28)23-11-7-4-8-12-23/h3-18,20,25,37H,2,19H2,1H3,(H,35,38)(H,33,34,36). The summed E-state index contributed by atoms with van der Waals surface area (Å²) in [6, 6.07) is 26.1. The molecule has 9 nitrogen and oxygen atoms in total. The molecular formula is C32H28N4O5. The number of carbonyl (C=O) groups excluding carboxylic acids is 2. The molecule has 3 N–H and O–H groups in total. The Hall–Kier alpha value is -5.28. The number of nitrogens with one attached hydrogen (secondary N) is 2. The third kappa shape index (κ3) is 6.32. The van der Waals surface area contributed by atoms with Gasteiger partial charge in [0.25, 0.3) is 0 Å². The highest BCUT2D eigenvalue weighted by Gasteiger charge is 2.23. The number of nitrogens with zero attached hydrogens (tertiary/aromatic N) is 2. The van der Waals surface area contributed by atoms with Crippen molar-refractivity contribution in [1.82, 2.24) is 9.97 Å². The molecule has 5 aromatic rings. The second-order valence-electron chi connectivity index (χ2n) is 9.02. The van der Waals surface area contributed by atoms with Gasteiger partial charge in [-0.15, -0.1) is 0 Å². The lowest BCUT2D eigenvalue weighted by Crippen LogP contribution is -2.15. The summed E-state index contributed by atoms with van der Waals surface area (Å²) >= 11 is 0. The molecule has 0 spiro atoms. The lowest BCUT2D eigenvalue weighted by Gasteiger charge is -2.18. The van der Waals surface area contributed by atoms with E-state index >= 15 is 0 Å². The van der Waals surface area contributed by atoms with Gasteiger partial charge < -0.3 is 24.9 Å². The third-order valence-corrected chi connectivity index (χ3v) is 6.32. The maximum atomic E-state index is 12.3. The van der Waals surface area contributed by atoms with Gasteiger partial charge in [-0.05, 0) is 30.2 Å². The van der Waals surface area contributed by atoms with Crippen molar-refractivity contribution in [2.24, 2.45) is 0 Å². The number of carbonyl (C=O) groups is 2. The van der Waals surface area contributed by atoms with Gasteiger partial charge in [0, 0.05) is 29.0 Å². The van der Waals surface area contributed by atoms with E-state index in [-0.39, 0.29) is 13.2 Å². The molecule has 206 valence electrons. The van der Waals surface area contributed by atoms with Gasteiger partial charge in [0.05, 0.1) is 24.6 Å². The molecule has 0 saturated carbocycles. The summed E-state index contributed by atoms with van der Waals surface area (Å²) in [4.78, 5) is 32.7. The number of aliphatic hydroxyl groups excluding tert-OH is 1. The predicted molar refractivity (Wildman–Crippen MR) is 157 cm³/mol. The second kappa shape index (κ2) is 12.7. The molecule has 0 fully saturated rings. The number of furan rings is 1. The number of esters is 1. The van der Waals surface area contributed by atoms with E-state index in [1.807, 2.05) is 72.8 Å². The molecule has 1 atom stereocenters. The first kappa shape index (κ1) is 27.3. The van der Waals surface area contributed by atoms with Crippen molar-refractivity contribution >= 4 is 34.5 Å². The summed E-state index contributed by atoms with van der Waals surface area (Å²) in [5, 5.41) is 17.0. The molecule has 0 bridgehead atoms. The Labute approximate surface area is 236 Å². The number of rotatable bonds is 10. The number of benzene rings is 3. The fraction of sp³-hybridized carbons (Fsp3) is 0.125. The van der Waals surface area contributed by atoms with E-state index < -0.39 is 17.9 Å². The first-order chi connectivity index (χ1) is 20.1. The van der Waals surface area contributed by atoms with Crippen LogP contribution in [0.1, 0.15) is 18.5 Å². The largest absolute Gasteiger partial charge is 0.463 e. The number of hydrogen-bond acceptors (Lipinski definition) is 8. The van der Waals surface area contributed by atoms with Crippen LogP contribution >= 0.6 is 0 Å². The second-order valence-corrected chi connectivity index (χ2v) is 9.02. The van der Waals surface area contributed by atoms with Gasteiger partial charge in [0.15, 0.2) is 0 Å². The minimum atomic E-state index is -0.583. The van der Waals surface area contributed by atoms with E-state index in [9.17, 15) is 14.7 Å². The molecule has 41 heavy (non-hydrogen) atoms. The summed E-state index contributed by atoms with van der Waals surface area (Å²) in [6.07, 6.45) is 3.64. The summed E-state index contributed by atoms with van der Waals surface area (Å²) in [7, 11) is 0. The van der Waals surface area contributed by atoms with Gasteiger partial charge in [0.1, 0.15) is 17.9 Å². The van der Waals surface area contributed by atoms with Crippen LogP contribution in [0.25, 0.3) is 33.6 Å². The lowest BCUT2D eigenvalue weighted by molar-refractivity contribution is -0.137. The Morgan fingerprint density at radius 3 is 2.32 bits per heavy atom. The van der Waals surface area contributed by atoms with E-state index in [1.54, 1.807) is 19.1 Å². The number of hydrogen-bond donors (Lipinski definition) is 3. The topological polar surface area (TPSA) is 127 Å². The highest BCUT2D eigenvalue weighted by atomic mass is 16.5. The van der Waals surface area contributed by atoms with E-state index in [0.717, 1.165) is 34.4 Å². The average Bonchev–Trinajstić information content (AvgIpc) is 3.41. The molecule has 0 aliphatic heterocycles. The molecule has 0 aliphatic carbocycles.